The second-order valence-corrected chi connectivity index (χ2v) is 11.5. The summed E-state index contributed by atoms with van der Waals surface area (Å²) >= 11 is 1.39. The Labute approximate surface area is 273 Å². The van der Waals surface area contributed by atoms with Crippen LogP contribution < -0.4 is 20.7 Å². The second kappa shape index (κ2) is 16.1. The van der Waals surface area contributed by atoms with Crippen LogP contribution in [0.3, 0.4) is 0 Å². The summed E-state index contributed by atoms with van der Waals surface area (Å²) in [5.74, 6) is 0.0358. The molecule has 5 rings (SSSR count). The molecule has 0 spiro atoms. The first kappa shape index (κ1) is 32.1. The molecule has 0 aliphatic rings. The summed E-state index contributed by atoms with van der Waals surface area (Å²) in [6, 6.07) is 37.0. The Hall–Kier alpha value is -5.34. The summed E-state index contributed by atoms with van der Waals surface area (Å²) in [4.78, 5) is 40.0. The van der Waals surface area contributed by atoms with E-state index in [0.717, 1.165) is 39.8 Å². The van der Waals surface area contributed by atoms with Crippen LogP contribution in [0.5, 0.6) is 5.75 Å². The van der Waals surface area contributed by atoms with Crippen molar-refractivity contribution >= 4 is 57.7 Å². The van der Waals surface area contributed by atoms with Crippen molar-refractivity contribution in [3.05, 3.63) is 138 Å². The molecule has 8 heteroatoms. The molecule has 0 fully saturated rings. The van der Waals surface area contributed by atoms with Crippen LogP contribution >= 0.6 is 11.8 Å². The van der Waals surface area contributed by atoms with E-state index < -0.39 is 5.91 Å². The number of ether oxygens (including phenoxy) is 1. The molecule has 0 aliphatic carbocycles. The lowest BCUT2D eigenvalue weighted by molar-refractivity contribution is -0.114. The maximum Gasteiger partial charge on any atom is 0.272 e. The molecule has 3 N–H and O–H groups in total. The summed E-state index contributed by atoms with van der Waals surface area (Å²) in [5.41, 5.74) is 2.62. The predicted molar refractivity (Wildman–Crippen MR) is 187 cm³/mol. The number of amides is 3. The van der Waals surface area contributed by atoms with Crippen molar-refractivity contribution in [3.8, 4) is 5.75 Å². The highest BCUT2D eigenvalue weighted by molar-refractivity contribution is 8.00. The van der Waals surface area contributed by atoms with Crippen molar-refractivity contribution in [1.29, 1.82) is 0 Å². The van der Waals surface area contributed by atoms with Crippen molar-refractivity contribution in [2.45, 2.75) is 24.7 Å². The van der Waals surface area contributed by atoms with Gasteiger partial charge in [0, 0.05) is 21.8 Å². The summed E-state index contributed by atoms with van der Waals surface area (Å²) in [6.07, 6.45) is 3.76. The molecule has 0 bridgehead atoms. The quantitative estimate of drug-likeness (QED) is 0.0694. The van der Waals surface area contributed by atoms with Gasteiger partial charge in [0.2, 0.25) is 5.91 Å². The van der Waals surface area contributed by atoms with E-state index in [1.54, 1.807) is 42.5 Å². The third kappa shape index (κ3) is 9.09. The van der Waals surface area contributed by atoms with Crippen molar-refractivity contribution < 1.29 is 19.1 Å². The van der Waals surface area contributed by atoms with Crippen LogP contribution in [0.1, 0.15) is 35.7 Å². The zero-order valence-electron chi connectivity index (χ0n) is 25.5. The van der Waals surface area contributed by atoms with E-state index in [1.807, 2.05) is 84.9 Å². The van der Waals surface area contributed by atoms with Crippen LogP contribution in [0.15, 0.2) is 132 Å². The average Bonchev–Trinajstić information content (AvgIpc) is 3.09. The standard InChI is InChI=1S/C38H35N3O4S/c1-2-3-24-45-32-20-16-30(17-21-32)39-36(42)26-46-33-22-18-31(19-23-33)40-38(44)35(41-37(43)28-11-5-4-6-12-28)25-29-14-9-13-27-10-7-8-15-34(27)29/h4-23,25H,2-3,24,26H2,1H3,(H,39,42)(H,40,44)(H,41,43)/b35-25-. The zero-order chi connectivity index (χ0) is 32.1. The predicted octanol–water partition coefficient (Wildman–Crippen LogP) is 8.16. The topological polar surface area (TPSA) is 96.5 Å². The number of benzene rings is 5. The van der Waals surface area contributed by atoms with Crippen LogP contribution in [0.2, 0.25) is 0 Å². The molecule has 5 aromatic rings. The van der Waals surface area contributed by atoms with Crippen LogP contribution in [0, 0.1) is 0 Å². The van der Waals surface area contributed by atoms with E-state index in [2.05, 4.69) is 22.9 Å². The summed E-state index contributed by atoms with van der Waals surface area (Å²) < 4.78 is 5.67. The van der Waals surface area contributed by atoms with Gasteiger partial charge in [0.25, 0.3) is 11.8 Å². The number of unbranched alkanes of at least 4 members (excludes halogenated alkanes) is 1. The monoisotopic (exact) mass is 629 g/mol. The van der Waals surface area contributed by atoms with Crippen LogP contribution in [0.25, 0.3) is 16.8 Å². The Morgan fingerprint density at radius 2 is 1.41 bits per heavy atom. The number of carbonyl (C=O) groups is 3. The molecule has 0 saturated carbocycles. The minimum absolute atomic E-state index is 0.112. The molecule has 3 amide bonds. The van der Waals surface area contributed by atoms with Gasteiger partial charge in [-0.25, -0.2) is 0 Å². The minimum Gasteiger partial charge on any atom is -0.494 e. The third-order valence-electron chi connectivity index (χ3n) is 7.04. The zero-order valence-corrected chi connectivity index (χ0v) is 26.3. The van der Waals surface area contributed by atoms with Gasteiger partial charge in [-0.2, -0.15) is 0 Å². The number of hydrogen-bond acceptors (Lipinski definition) is 5. The summed E-state index contributed by atoms with van der Waals surface area (Å²) in [6.45, 7) is 2.79. The lowest BCUT2D eigenvalue weighted by atomic mass is 10.0. The van der Waals surface area contributed by atoms with E-state index >= 15 is 0 Å². The highest BCUT2D eigenvalue weighted by Gasteiger charge is 2.16. The Kier molecular flexibility index (Phi) is 11.2. The highest BCUT2D eigenvalue weighted by Crippen LogP contribution is 2.24. The molecule has 0 saturated heterocycles. The largest absolute Gasteiger partial charge is 0.494 e. The molecule has 0 aliphatic heterocycles. The van der Waals surface area contributed by atoms with Crippen LogP contribution in [-0.4, -0.2) is 30.1 Å². The molecular weight excluding hydrogens is 595 g/mol. The van der Waals surface area contributed by atoms with Gasteiger partial charge in [-0.3, -0.25) is 14.4 Å². The molecular formula is C38H35N3O4S. The van der Waals surface area contributed by atoms with E-state index in [9.17, 15) is 14.4 Å². The number of rotatable bonds is 13. The van der Waals surface area contributed by atoms with Gasteiger partial charge >= 0.3 is 0 Å². The number of thioether (sulfide) groups is 1. The van der Waals surface area contributed by atoms with Gasteiger partial charge in [0.15, 0.2) is 0 Å². The van der Waals surface area contributed by atoms with Gasteiger partial charge < -0.3 is 20.7 Å². The fourth-order valence-corrected chi connectivity index (χ4v) is 5.32. The number of fused-ring (bicyclic) bond motifs is 1. The molecule has 5 aromatic carbocycles. The number of anilines is 2. The Morgan fingerprint density at radius 3 is 2.17 bits per heavy atom. The first-order valence-electron chi connectivity index (χ1n) is 15.1. The molecule has 0 heterocycles. The normalized spacial score (nSPS) is 11.1. The maximum atomic E-state index is 13.5. The summed E-state index contributed by atoms with van der Waals surface area (Å²) in [7, 11) is 0. The van der Waals surface area contributed by atoms with Gasteiger partial charge in [0.05, 0.1) is 12.4 Å². The van der Waals surface area contributed by atoms with Crippen molar-refractivity contribution in [3.63, 3.8) is 0 Å². The molecule has 0 radical (unpaired) electrons. The molecule has 0 aromatic heterocycles. The highest BCUT2D eigenvalue weighted by atomic mass is 32.2. The van der Waals surface area contributed by atoms with Gasteiger partial charge in [-0.05, 0) is 89.5 Å². The minimum atomic E-state index is -0.459. The average molecular weight is 630 g/mol. The van der Waals surface area contributed by atoms with Gasteiger partial charge in [-0.1, -0.05) is 74.0 Å². The Balaban J connectivity index is 1.22. The van der Waals surface area contributed by atoms with Crippen LogP contribution in [-0.2, 0) is 9.59 Å². The number of carbonyl (C=O) groups excluding carboxylic acids is 3. The van der Waals surface area contributed by atoms with E-state index in [1.165, 1.54) is 11.8 Å². The third-order valence-corrected chi connectivity index (χ3v) is 8.05. The Morgan fingerprint density at radius 1 is 0.739 bits per heavy atom. The van der Waals surface area contributed by atoms with E-state index in [0.29, 0.717) is 23.5 Å². The van der Waals surface area contributed by atoms with Crippen molar-refractivity contribution in [2.24, 2.45) is 0 Å². The first-order chi connectivity index (χ1) is 22.5. The second-order valence-electron chi connectivity index (χ2n) is 10.5. The molecule has 46 heavy (non-hydrogen) atoms. The number of nitrogens with one attached hydrogen (secondary N) is 3. The summed E-state index contributed by atoms with van der Waals surface area (Å²) in [5, 5.41) is 10.6. The molecule has 232 valence electrons. The van der Waals surface area contributed by atoms with Gasteiger partial charge in [0.1, 0.15) is 11.4 Å². The lowest BCUT2D eigenvalue weighted by Crippen LogP contribution is -2.30. The number of hydrogen-bond donors (Lipinski definition) is 3. The smallest absolute Gasteiger partial charge is 0.272 e. The molecule has 7 nitrogen and oxygen atoms in total. The van der Waals surface area contributed by atoms with E-state index in [4.69, 9.17) is 4.74 Å². The fraction of sp³-hybridized carbons (Fsp3) is 0.132. The fourth-order valence-electron chi connectivity index (χ4n) is 4.62. The maximum absolute atomic E-state index is 13.5. The Bertz CT molecular complexity index is 1820. The first-order valence-corrected chi connectivity index (χ1v) is 16.1. The van der Waals surface area contributed by atoms with Crippen molar-refractivity contribution in [1.82, 2.24) is 5.32 Å². The van der Waals surface area contributed by atoms with Gasteiger partial charge in [-0.15, -0.1) is 11.8 Å². The van der Waals surface area contributed by atoms with Crippen LogP contribution in [0.4, 0.5) is 11.4 Å². The molecule has 0 unspecified atom stereocenters. The van der Waals surface area contributed by atoms with Crippen molar-refractivity contribution in [2.75, 3.05) is 23.0 Å². The van der Waals surface area contributed by atoms with E-state index in [-0.39, 0.29) is 23.3 Å². The lowest BCUT2D eigenvalue weighted by Gasteiger charge is -2.13. The molecule has 0 atom stereocenters. The SMILES string of the molecule is CCCCOc1ccc(NC(=O)CSc2ccc(NC(=O)/C(=C/c3cccc4ccccc34)NC(=O)c3ccccc3)cc2)cc1.